The monoisotopic (exact) mass is 348 g/mol. The second kappa shape index (κ2) is 7.60. The molecule has 1 aliphatic heterocycles. The molecule has 5 nitrogen and oxygen atoms in total. The molecule has 2 aromatic heterocycles. The molecule has 4 rings (SSSR count). The number of likely N-dealkylation sites (tertiary alicyclic amines) is 1. The summed E-state index contributed by atoms with van der Waals surface area (Å²) >= 11 is 0. The van der Waals surface area contributed by atoms with Crippen LogP contribution < -0.4 is 0 Å². The highest BCUT2D eigenvalue weighted by molar-refractivity contribution is 5.93. The van der Waals surface area contributed by atoms with Crippen molar-refractivity contribution in [1.29, 1.82) is 0 Å². The Kier molecular flexibility index (Phi) is 4.86. The Morgan fingerprint density at radius 1 is 1.08 bits per heavy atom. The molecule has 0 saturated carbocycles. The lowest BCUT2D eigenvalue weighted by Gasteiger charge is -2.25. The van der Waals surface area contributed by atoms with E-state index in [0.717, 1.165) is 44.6 Å². The maximum atomic E-state index is 13.2. The number of hydrogen-bond donors (Lipinski definition) is 0. The minimum absolute atomic E-state index is 0.137. The van der Waals surface area contributed by atoms with Crippen LogP contribution in [0.25, 0.3) is 0 Å². The van der Waals surface area contributed by atoms with Crippen molar-refractivity contribution in [2.75, 3.05) is 6.54 Å². The van der Waals surface area contributed by atoms with Crippen LogP contribution in [0.15, 0.2) is 67.1 Å². The van der Waals surface area contributed by atoms with Gasteiger partial charge in [-0.1, -0.05) is 30.3 Å². The maximum absolute atomic E-state index is 13.2. The van der Waals surface area contributed by atoms with E-state index in [9.17, 15) is 4.79 Å². The molecule has 1 fully saturated rings. The lowest BCUT2D eigenvalue weighted by molar-refractivity contribution is 0.0710. The minimum Gasteiger partial charge on any atom is -0.343 e. The standard InChI is InChI=1S/C21H24N4O/c26-21(25-15-4-9-19(25)17-24-14-6-12-22-24)20-10-5-13-23(20)16-11-18-7-2-1-3-8-18/h1-3,5-8,10,12-14,19H,4,9,11,15-17H2/t19-/m1/s1. The van der Waals surface area contributed by atoms with Gasteiger partial charge in [0.25, 0.3) is 5.91 Å². The van der Waals surface area contributed by atoms with E-state index < -0.39 is 0 Å². The number of aryl methyl sites for hydroxylation is 2. The van der Waals surface area contributed by atoms with Crippen LogP contribution in [-0.4, -0.2) is 37.7 Å². The first kappa shape index (κ1) is 16.6. The van der Waals surface area contributed by atoms with Crippen LogP contribution in [-0.2, 0) is 19.5 Å². The summed E-state index contributed by atoms with van der Waals surface area (Å²) in [4.78, 5) is 15.2. The Bertz CT molecular complexity index is 838. The van der Waals surface area contributed by atoms with Crippen LogP contribution in [0.2, 0.25) is 0 Å². The number of aromatic nitrogens is 3. The van der Waals surface area contributed by atoms with Gasteiger partial charge < -0.3 is 9.47 Å². The van der Waals surface area contributed by atoms with Crippen molar-refractivity contribution in [2.24, 2.45) is 0 Å². The molecule has 26 heavy (non-hydrogen) atoms. The number of carbonyl (C=O) groups is 1. The summed E-state index contributed by atoms with van der Waals surface area (Å²) in [5, 5.41) is 4.29. The van der Waals surface area contributed by atoms with E-state index in [1.165, 1.54) is 5.56 Å². The van der Waals surface area contributed by atoms with Crippen LogP contribution >= 0.6 is 0 Å². The van der Waals surface area contributed by atoms with E-state index in [-0.39, 0.29) is 11.9 Å². The molecule has 1 amide bonds. The minimum atomic E-state index is 0.137. The molecule has 0 N–H and O–H groups in total. The Labute approximate surface area is 153 Å². The largest absolute Gasteiger partial charge is 0.343 e. The molecule has 1 atom stereocenters. The third kappa shape index (κ3) is 3.57. The van der Waals surface area contributed by atoms with E-state index in [1.54, 1.807) is 6.20 Å². The smallest absolute Gasteiger partial charge is 0.270 e. The molecule has 5 heteroatoms. The number of hydrogen-bond acceptors (Lipinski definition) is 2. The third-order valence-corrected chi connectivity index (χ3v) is 5.13. The first-order chi connectivity index (χ1) is 12.8. The Morgan fingerprint density at radius 3 is 2.77 bits per heavy atom. The van der Waals surface area contributed by atoms with Crippen LogP contribution in [0.5, 0.6) is 0 Å². The summed E-state index contributed by atoms with van der Waals surface area (Å²) in [7, 11) is 0. The second-order valence-corrected chi connectivity index (χ2v) is 6.85. The number of benzene rings is 1. The Morgan fingerprint density at radius 2 is 1.96 bits per heavy atom. The van der Waals surface area contributed by atoms with Crippen molar-refractivity contribution in [3.05, 3.63) is 78.4 Å². The van der Waals surface area contributed by atoms with Crippen LogP contribution in [0.1, 0.15) is 28.9 Å². The van der Waals surface area contributed by atoms with Crippen LogP contribution in [0.4, 0.5) is 0 Å². The quantitative estimate of drug-likeness (QED) is 0.686. The summed E-state index contributed by atoms with van der Waals surface area (Å²) < 4.78 is 4.00. The predicted octanol–water partition coefficient (Wildman–Crippen LogP) is 3.23. The molecule has 1 aromatic carbocycles. The zero-order valence-corrected chi connectivity index (χ0v) is 14.9. The fourth-order valence-electron chi connectivity index (χ4n) is 3.76. The first-order valence-corrected chi connectivity index (χ1v) is 9.29. The summed E-state index contributed by atoms with van der Waals surface area (Å²) in [5.41, 5.74) is 2.07. The molecular weight excluding hydrogens is 324 g/mol. The number of rotatable bonds is 6. The first-order valence-electron chi connectivity index (χ1n) is 9.29. The van der Waals surface area contributed by atoms with Crippen LogP contribution in [0, 0.1) is 0 Å². The molecule has 134 valence electrons. The van der Waals surface area contributed by atoms with Gasteiger partial charge in [0.1, 0.15) is 5.69 Å². The van der Waals surface area contributed by atoms with Gasteiger partial charge in [-0.05, 0) is 43.0 Å². The van der Waals surface area contributed by atoms with Gasteiger partial charge in [-0.2, -0.15) is 5.10 Å². The van der Waals surface area contributed by atoms with Gasteiger partial charge in [-0.25, -0.2) is 0 Å². The molecule has 0 bridgehead atoms. The zero-order valence-electron chi connectivity index (χ0n) is 14.9. The summed E-state index contributed by atoms with van der Waals surface area (Å²) in [6.45, 7) is 2.41. The average molecular weight is 348 g/mol. The molecular formula is C21H24N4O. The third-order valence-electron chi connectivity index (χ3n) is 5.13. The fourth-order valence-corrected chi connectivity index (χ4v) is 3.76. The van der Waals surface area contributed by atoms with Gasteiger partial charge in [0, 0.05) is 31.7 Å². The second-order valence-electron chi connectivity index (χ2n) is 6.85. The van der Waals surface area contributed by atoms with Gasteiger partial charge in [0.15, 0.2) is 0 Å². The van der Waals surface area contributed by atoms with Gasteiger partial charge in [-0.15, -0.1) is 0 Å². The SMILES string of the molecule is O=C(c1cccn1CCc1ccccc1)N1CCC[C@@H]1Cn1cccn1. The molecule has 3 heterocycles. The lowest BCUT2D eigenvalue weighted by atomic mass is 10.1. The molecule has 0 unspecified atom stereocenters. The van der Waals surface area contributed by atoms with E-state index in [4.69, 9.17) is 0 Å². The average Bonchev–Trinajstić information content (AvgIpc) is 3.43. The molecule has 0 aliphatic carbocycles. The van der Waals surface area contributed by atoms with E-state index in [2.05, 4.69) is 33.9 Å². The molecule has 3 aromatic rings. The summed E-state index contributed by atoms with van der Waals surface area (Å²) in [6.07, 6.45) is 8.78. The van der Waals surface area contributed by atoms with Gasteiger partial charge in [0.05, 0.1) is 12.6 Å². The van der Waals surface area contributed by atoms with Crippen molar-refractivity contribution in [1.82, 2.24) is 19.2 Å². The highest BCUT2D eigenvalue weighted by Crippen LogP contribution is 2.22. The molecule has 1 saturated heterocycles. The fraction of sp³-hybridized carbons (Fsp3) is 0.333. The number of nitrogens with zero attached hydrogens (tertiary/aromatic N) is 4. The normalized spacial score (nSPS) is 16.9. The maximum Gasteiger partial charge on any atom is 0.270 e. The zero-order chi connectivity index (χ0) is 17.8. The van der Waals surface area contributed by atoms with Crippen molar-refractivity contribution < 1.29 is 4.79 Å². The van der Waals surface area contributed by atoms with Crippen molar-refractivity contribution >= 4 is 5.91 Å². The Balaban J connectivity index is 1.45. The molecule has 0 radical (unpaired) electrons. The molecule has 1 aliphatic rings. The number of amides is 1. The topological polar surface area (TPSA) is 43.1 Å². The van der Waals surface area contributed by atoms with Crippen molar-refractivity contribution in [3.8, 4) is 0 Å². The lowest BCUT2D eigenvalue weighted by Crippen LogP contribution is -2.39. The van der Waals surface area contributed by atoms with Gasteiger partial charge >= 0.3 is 0 Å². The van der Waals surface area contributed by atoms with E-state index in [0.29, 0.717) is 0 Å². The summed E-state index contributed by atoms with van der Waals surface area (Å²) in [5.74, 6) is 0.137. The van der Waals surface area contributed by atoms with Crippen molar-refractivity contribution in [2.45, 2.75) is 38.4 Å². The highest BCUT2D eigenvalue weighted by Gasteiger charge is 2.30. The predicted molar refractivity (Wildman–Crippen MR) is 101 cm³/mol. The Hall–Kier alpha value is -2.82. The van der Waals surface area contributed by atoms with E-state index in [1.807, 2.05) is 46.2 Å². The summed E-state index contributed by atoms with van der Waals surface area (Å²) in [6, 6.07) is 16.5. The van der Waals surface area contributed by atoms with Gasteiger partial charge in [0.2, 0.25) is 0 Å². The van der Waals surface area contributed by atoms with Crippen LogP contribution in [0.3, 0.4) is 0 Å². The van der Waals surface area contributed by atoms with Crippen molar-refractivity contribution in [3.63, 3.8) is 0 Å². The van der Waals surface area contributed by atoms with E-state index >= 15 is 0 Å². The highest BCUT2D eigenvalue weighted by atomic mass is 16.2. The molecule has 0 spiro atoms. The number of carbonyl (C=O) groups excluding carboxylic acids is 1. The van der Waals surface area contributed by atoms with Gasteiger partial charge in [-0.3, -0.25) is 9.48 Å².